The number of nitrogen functional groups attached to an aromatic ring is 1. The molecule has 1 unspecified atom stereocenters. The number of hydrogen-bond acceptors (Lipinski definition) is 5. The van der Waals surface area contributed by atoms with Crippen LogP contribution in [-0.4, -0.2) is 38.0 Å². The lowest BCUT2D eigenvalue weighted by molar-refractivity contribution is -0.0174. The van der Waals surface area contributed by atoms with Crippen LogP contribution in [0, 0.1) is 0 Å². The lowest BCUT2D eigenvalue weighted by atomic mass is 10.1. The van der Waals surface area contributed by atoms with Gasteiger partial charge in [-0.15, -0.1) is 0 Å². The molecule has 5 heteroatoms. The van der Waals surface area contributed by atoms with Gasteiger partial charge in [0.05, 0.1) is 12.7 Å². The minimum atomic E-state index is 0.324. The molecule has 5 nitrogen and oxygen atoms in total. The van der Waals surface area contributed by atoms with Crippen LogP contribution in [-0.2, 0) is 22.6 Å². The van der Waals surface area contributed by atoms with E-state index in [2.05, 4.69) is 4.90 Å². The largest absolute Gasteiger partial charge is 0.467 e. The van der Waals surface area contributed by atoms with Crippen LogP contribution in [0.25, 0.3) is 0 Å². The molecular weight excluding hydrogens is 244 g/mol. The lowest BCUT2D eigenvalue weighted by Crippen LogP contribution is -2.24. The van der Waals surface area contributed by atoms with Crippen LogP contribution in [0.3, 0.4) is 0 Å². The standard InChI is InChI=1S/C14H20N2O3/c1-17-13-2-3-16(7-13)6-10-4-12(15)5-11-8-18-9-19-14(10)11/h4-5,13H,2-3,6-9,15H2,1H3. The van der Waals surface area contributed by atoms with Crippen LogP contribution in [0.1, 0.15) is 17.5 Å². The molecule has 2 aliphatic heterocycles. The number of rotatable bonds is 3. The highest BCUT2D eigenvalue weighted by Gasteiger charge is 2.24. The highest BCUT2D eigenvalue weighted by Crippen LogP contribution is 2.32. The number of fused-ring (bicyclic) bond motifs is 1. The van der Waals surface area contributed by atoms with Gasteiger partial charge in [-0.25, -0.2) is 0 Å². The van der Waals surface area contributed by atoms with Gasteiger partial charge in [0.15, 0.2) is 6.79 Å². The van der Waals surface area contributed by atoms with Crippen LogP contribution < -0.4 is 10.5 Å². The first-order valence-electron chi connectivity index (χ1n) is 6.63. The molecule has 0 amide bonds. The van der Waals surface area contributed by atoms with Crippen molar-refractivity contribution in [1.29, 1.82) is 0 Å². The van der Waals surface area contributed by atoms with Gasteiger partial charge in [0.1, 0.15) is 5.75 Å². The number of nitrogens with two attached hydrogens (primary N) is 1. The van der Waals surface area contributed by atoms with Crippen LogP contribution in [0.2, 0.25) is 0 Å². The smallest absolute Gasteiger partial charge is 0.189 e. The van der Waals surface area contributed by atoms with E-state index in [-0.39, 0.29) is 0 Å². The van der Waals surface area contributed by atoms with Crippen molar-refractivity contribution in [3.63, 3.8) is 0 Å². The van der Waals surface area contributed by atoms with Gasteiger partial charge in [0.25, 0.3) is 0 Å². The third-order valence-corrected chi connectivity index (χ3v) is 3.77. The van der Waals surface area contributed by atoms with E-state index in [1.54, 1.807) is 7.11 Å². The van der Waals surface area contributed by atoms with Crippen molar-refractivity contribution in [2.24, 2.45) is 0 Å². The Morgan fingerprint density at radius 2 is 2.37 bits per heavy atom. The molecule has 0 bridgehead atoms. The Bertz CT molecular complexity index is 464. The van der Waals surface area contributed by atoms with Crippen molar-refractivity contribution in [3.05, 3.63) is 23.3 Å². The summed E-state index contributed by atoms with van der Waals surface area (Å²) >= 11 is 0. The highest BCUT2D eigenvalue weighted by molar-refractivity contribution is 5.53. The fraction of sp³-hybridized carbons (Fsp3) is 0.571. The lowest BCUT2D eigenvalue weighted by Gasteiger charge is -2.24. The normalized spacial score (nSPS) is 23.1. The Balaban J connectivity index is 1.79. The number of methoxy groups -OCH3 is 1. The quantitative estimate of drug-likeness (QED) is 0.835. The summed E-state index contributed by atoms with van der Waals surface area (Å²) in [6.45, 7) is 3.78. The molecule has 1 saturated heterocycles. The van der Waals surface area contributed by atoms with Crippen LogP contribution in [0.4, 0.5) is 5.69 Å². The minimum absolute atomic E-state index is 0.324. The van der Waals surface area contributed by atoms with Crippen molar-refractivity contribution >= 4 is 5.69 Å². The first kappa shape index (κ1) is 12.7. The summed E-state index contributed by atoms with van der Waals surface area (Å²) in [5.74, 6) is 0.946. The number of likely N-dealkylation sites (tertiary alicyclic amines) is 1. The van der Waals surface area contributed by atoms with Gasteiger partial charge in [-0.2, -0.15) is 0 Å². The molecule has 0 aliphatic carbocycles. The molecule has 0 aromatic heterocycles. The molecule has 3 rings (SSSR count). The highest BCUT2D eigenvalue weighted by atomic mass is 16.7. The summed E-state index contributed by atoms with van der Waals surface area (Å²) in [5, 5.41) is 0. The molecule has 1 atom stereocenters. The predicted molar refractivity (Wildman–Crippen MR) is 71.8 cm³/mol. The van der Waals surface area contributed by atoms with Crippen LogP contribution >= 0.6 is 0 Å². The molecule has 2 aliphatic rings. The summed E-state index contributed by atoms with van der Waals surface area (Å²) in [6, 6.07) is 3.93. The molecule has 1 aromatic carbocycles. The Morgan fingerprint density at radius 3 is 3.16 bits per heavy atom. The number of nitrogens with zero attached hydrogens (tertiary/aromatic N) is 1. The number of hydrogen-bond donors (Lipinski definition) is 1. The monoisotopic (exact) mass is 264 g/mol. The average molecular weight is 264 g/mol. The van der Waals surface area contributed by atoms with Crippen molar-refractivity contribution in [2.45, 2.75) is 25.7 Å². The molecule has 2 N–H and O–H groups in total. The Labute approximate surface area is 113 Å². The first-order chi connectivity index (χ1) is 9.26. The van der Waals surface area contributed by atoms with Crippen LogP contribution in [0.5, 0.6) is 5.75 Å². The van der Waals surface area contributed by atoms with E-state index in [1.807, 2.05) is 12.1 Å². The van der Waals surface area contributed by atoms with Crippen LogP contribution in [0.15, 0.2) is 12.1 Å². The SMILES string of the molecule is COC1CCN(Cc2cc(N)cc3c2OCOC3)C1. The summed E-state index contributed by atoms with van der Waals surface area (Å²) < 4.78 is 16.3. The van der Waals surface area contributed by atoms with Crippen molar-refractivity contribution in [3.8, 4) is 5.75 Å². The number of anilines is 1. The van der Waals surface area contributed by atoms with Gasteiger partial charge in [0, 0.05) is 43.6 Å². The Morgan fingerprint density at radius 1 is 1.47 bits per heavy atom. The molecule has 2 heterocycles. The summed E-state index contributed by atoms with van der Waals surface area (Å²) in [7, 11) is 1.77. The summed E-state index contributed by atoms with van der Waals surface area (Å²) in [6.07, 6.45) is 1.44. The molecule has 104 valence electrons. The van der Waals surface area contributed by atoms with E-state index in [0.717, 1.165) is 48.6 Å². The van der Waals surface area contributed by atoms with Gasteiger partial charge >= 0.3 is 0 Å². The minimum Gasteiger partial charge on any atom is -0.467 e. The molecule has 1 fully saturated rings. The predicted octanol–water partition coefficient (Wildman–Crippen LogP) is 1.36. The van der Waals surface area contributed by atoms with E-state index < -0.39 is 0 Å². The second kappa shape index (κ2) is 5.36. The fourth-order valence-electron chi connectivity index (χ4n) is 2.82. The molecule has 19 heavy (non-hydrogen) atoms. The maximum Gasteiger partial charge on any atom is 0.189 e. The summed E-state index contributed by atoms with van der Waals surface area (Å²) in [4.78, 5) is 2.38. The third-order valence-electron chi connectivity index (χ3n) is 3.77. The molecule has 1 aromatic rings. The average Bonchev–Trinajstić information content (AvgIpc) is 2.86. The van der Waals surface area contributed by atoms with E-state index in [0.29, 0.717) is 19.5 Å². The van der Waals surface area contributed by atoms with E-state index >= 15 is 0 Å². The fourth-order valence-corrected chi connectivity index (χ4v) is 2.82. The van der Waals surface area contributed by atoms with Gasteiger partial charge in [-0.1, -0.05) is 0 Å². The van der Waals surface area contributed by atoms with Gasteiger partial charge < -0.3 is 19.9 Å². The maximum absolute atomic E-state index is 5.96. The molecule has 0 spiro atoms. The van der Waals surface area contributed by atoms with Gasteiger partial charge in [-0.3, -0.25) is 4.90 Å². The van der Waals surface area contributed by atoms with E-state index in [9.17, 15) is 0 Å². The van der Waals surface area contributed by atoms with Crippen molar-refractivity contribution in [1.82, 2.24) is 4.90 Å². The van der Waals surface area contributed by atoms with Gasteiger partial charge in [0.2, 0.25) is 0 Å². The Hall–Kier alpha value is -1.30. The molecule has 0 radical (unpaired) electrons. The topological polar surface area (TPSA) is 57.0 Å². The zero-order chi connectivity index (χ0) is 13.2. The molecule has 0 saturated carbocycles. The van der Waals surface area contributed by atoms with E-state index in [4.69, 9.17) is 19.9 Å². The molecular formula is C14H20N2O3. The maximum atomic E-state index is 5.96. The second-order valence-electron chi connectivity index (χ2n) is 5.16. The third kappa shape index (κ3) is 2.68. The number of benzene rings is 1. The zero-order valence-corrected chi connectivity index (χ0v) is 11.2. The zero-order valence-electron chi connectivity index (χ0n) is 11.2. The first-order valence-corrected chi connectivity index (χ1v) is 6.63. The summed E-state index contributed by atoms with van der Waals surface area (Å²) in [5.41, 5.74) is 8.92. The van der Waals surface area contributed by atoms with E-state index in [1.165, 1.54) is 0 Å². The second-order valence-corrected chi connectivity index (χ2v) is 5.16. The number of ether oxygens (including phenoxy) is 3. The van der Waals surface area contributed by atoms with Gasteiger partial charge in [-0.05, 0) is 18.6 Å². The van der Waals surface area contributed by atoms with Crippen molar-refractivity contribution in [2.75, 3.05) is 32.7 Å². The van der Waals surface area contributed by atoms with Crippen molar-refractivity contribution < 1.29 is 14.2 Å². The Kier molecular flexibility index (Phi) is 3.59.